The van der Waals surface area contributed by atoms with E-state index < -0.39 is 5.97 Å². The maximum absolute atomic E-state index is 12.1. The van der Waals surface area contributed by atoms with Crippen LogP contribution in [0.15, 0.2) is 72.9 Å². The van der Waals surface area contributed by atoms with Crippen molar-refractivity contribution in [2.45, 2.75) is 6.54 Å². The summed E-state index contributed by atoms with van der Waals surface area (Å²) in [6.07, 6.45) is 1.87. The number of nitrogens with zero attached hydrogens (tertiary/aromatic N) is 3. The molecular formula is C31H30N4O3. The van der Waals surface area contributed by atoms with E-state index in [0.29, 0.717) is 11.1 Å². The molecule has 192 valence electrons. The molecule has 7 nitrogen and oxygen atoms in total. The fraction of sp³-hybridized carbons (Fsp3) is 0.226. The highest BCUT2D eigenvalue weighted by atomic mass is 16.4. The van der Waals surface area contributed by atoms with Crippen molar-refractivity contribution in [1.29, 1.82) is 0 Å². The highest BCUT2D eigenvalue weighted by molar-refractivity contribution is 5.99. The number of amides is 2. The number of carbonyl (C=O) groups excluding carboxylic acids is 1. The van der Waals surface area contributed by atoms with Gasteiger partial charge >= 0.3 is 12.0 Å². The maximum atomic E-state index is 12.1. The smallest absolute Gasteiger partial charge is 0.336 e. The second-order valence-electron chi connectivity index (χ2n) is 9.70. The molecule has 1 fully saturated rings. The monoisotopic (exact) mass is 506 g/mol. The minimum Gasteiger partial charge on any atom is -0.478 e. The first-order valence-corrected chi connectivity index (χ1v) is 12.6. The molecule has 7 heteroatoms. The summed E-state index contributed by atoms with van der Waals surface area (Å²) >= 11 is 0. The average Bonchev–Trinajstić information content (AvgIpc) is 3.40. The highest BCUT2D eigenvalue weighted by Gasteiger charge is 2.22. The van der Waals surface area contributed by atoms with Gasteiger partial charge in [0.15, 0.2) is 0 Å². The second-order valence-corrected chi connectivity index (χ2v) is 9.70. The summed E-state index contributed by atoms with van der Waals surface area (Å²) < 4.78 is 0. The molecule has 3 aromatic carbocycles. The number of carboxylic acid groups (broad SMARTS) is 1. The molecule has 0 spiro atoms. The van der Waals surface area contributed by atoms with Gasteiger partial charge in [-0.15, -0.1) is 0 Å². The van der Waals surface area contributed by atoms with Crippen molar-refractivity contribution in [2.75, 3.05) is 40.3 Å². The Morgan fingerprint density at radius 1 is 0.947 bits per heavy atom. The number of piperazine rings is 1. The molecule has 1 aromatic heterocycles. The van der Waals surface area contributed by atoms with Gasteiger partial charge in [0.2, 0.25) is 0 Å². The fourth-order valence-electron chi connectivity index (χ4n) is 4.82. The predicted octanol–water partition coefficient (Wildman–Crippen LogP) is 4.73. The number of benzene rings is 3. The van der Waals surface area contributed by atoms with Crippen LogP contribution < -0.4 is 0 Å². The zero-order chi connectivity index (χ0) is 26.6. The van der Waals surface area contributed by atoms with Crippen molar-refractivity contribution in [2.24, 2.45) is 0 Å². The number of rotatable bonds is 4. The third-order valence-electron chi connectivity index (χ3n) is 6.87. The normalized spacial score (nSPS) is 13.7. The summed E-state index contributed by atoms with van der Waals surface area (Å²) in [5.74, 6) is 5.45. The van der Waals surface area contributed by atoms with Crippen molar-refractivity contribution in [3.8, 4) is 23.0 Å². The summed E-state index contributed by atoms with van der Waals surface area (Å²) in [5, 5.41) is 10.9. The summed E-state index contributed by atoms with van der Waals surface area (Å²) in [6, 6.07) is 21.3. The number of aromatic nitrogens is 1. The van der Waals surface area contributed by atoms with Gasteiger partial charge < -0.3 is 19.9 Å². The van der Waals surface area contributed by atoms with Gasteiger partial charge in [0.25, 0.3) is 0 Å². The molecular weight excluding hydrogens is 476 g/mol. The van der Waals surface area contributed by atoms with Crippen molar-refractivity contribution >= 4 is 22.9 Å². The van der Waals surface area contributed by atoms with E-state index in [1.54, 1.807) is 31.1 Å². The van der Waals surface area contributed by atoms with Gasteiger partial charge in [-0.25, -0.2) is 9.59 Å². The number of hydrogen-bond acceptors (Lipinski definition) is 3. The molecule has 2 N–H and O–H groups in total. The summed E-state index contributed by atoms with van der Waals surface area (Å²) in [5.41, 5.74) is 5.33. The number of nitrogens with one attached hydrogen (secondary N) is 1. The van der Waals surface area contributed by atoms with Crippen molar-refractivity contribution in [3.05, 3.63) is 95.2 Å². The Labute approximate surface area is 222 Å². The van der Waals surface area contributed by atoms with Crippen LogP contribution in [-0.2, 0) is 6.54 Å². The zero-order valence-electron chi connectivity index (χ0n) is 21.6. The molecule has 0 radical (unpaired) electrons. The Bertz CT molecular complexity index is 1530. The molecule has 38 heavy (non-hydrogen) atoms. The molecule has 5 rings (SSSR count). The summed E-state index contributed by atoms with van der Waals surface area (Å²) in [4.78, 5) is 33.2. The maximum Gasteiger partial charge on any atom is 0.336 e. The Hall–Kier alpha value is -4.54. The number of fused-ring (bicyclic) bond motifs is 1. The third kappa shape index (κ3) is 5.41. The van der Waals surface area contributed by atoms with E-state index in [2.05, 4.69) is 33.9 Å². The minimum absolute atomic E-state index is 0.0643. The molecule has 2 heterocycles. The van der Waals surface area contributed by atoms with Gasteiger partial charge in [0, 0.05) is 75.2 Å². The lowest BCUT2D eigenvalue weighted by molar-refractivity contribution is 0.0697. The molecule has 1 aliphatic rings. The molecule has 0 atom stereocenters. The lowest BCUT2D eigenvalue weighted by Crippen LogP contribution is -2.51. The van der Waals surface area contributed by atoms with E-state index in [4.69, 9.17) is 0 Å². The molecule has 1 saturated heterocycles. The molecule has 0 unspecified atom stereocenters. The molecule has 0 saturated carbocycles. The number of carboxylic acids is 1. The molecule has 4 aromatic rings. The minimum atomic E-state index is -0.980. The van der Waals surface area contributed by atoms with E-state index in [1.807, 2.05) is 53.6 Å². The Balaban J connectivity index is 1.33. The largest absolute Gasteiger partial charge is 0.478 e. The average molecular weight is 507 g/mol. The number of hydrogen-bond donors (Lipinski definition) is 2. The van der Waals surface area contributed by atoms with Crippen molar-refractivity contribution in [1.82, 2.24) is 19.7 Å². The van der Waals surface area contributed by atoms with Crippen molar-refractivity contribution in [3.63, 3.8) is 0 Å². The van der Waals surface area contributed by atoms with Gasteiger partial charge in [0.05, 0.1) is 5.56 Å². The quantitative estimate of drug-likeness (QED) is 0.392. The molecule has 2 amide bonds. The number of H-pyrrole nitrogens is 1. The zero-order valence-corrected chi connectivity index (χ0v) is 21.6. The molecule has 0 bridgehead atoms. The van der Waals surface area contributed by atoms with Crippen LogP contribution in [0.3, 0.4) is 0 Å². The first kappa shape index (κ1) is 25.1. The number of urea groups is 1. The van der Waals surface area contributed by atoms with Gasteiger partial charge in [-0.3, -0.25) is 4.90 Å². The summed E-state index contributed by atoms with van der Waals surface area (Å²) in [7, 11) is 3.57. The summed E-state index contributed by atoms with van der Waals surface area (Å²) in [6.45, 7) is 3.98. The Kier molecular flexibility index (Phi) is 7.16. The van der Waals surface area contributed by atoms with E-state index >= 15 is 0 Å². The van der Waals surface area contributed by atoms with Crippen LogP contribution in [0.25, 0.3) is 22.0 Å². The van der Waals surface area contributed by atoms with Gasteiger partial charge in [-0.2, -0.15) is 0 Å². The second kappa shape index (κ2) is 10.8. The number of carbonyl (C=O) groups is 2. The van der Waals surface area contributed by atoms with Crippen LogP contribution in [0.1, 0.15) is 27.0 Å². The van der Waals surface area contributed by atoms with E-state index in [9.17, 15) is 14.7 Å². The predicted molar refractivity (Wildman–Crippen MR) is 149 cm³/mol. The van der Waals surface area contributed by atoms with E-state index in [-0.39, 0.29) is 11.6 Å². The highest BCUT2D eigenvalue weighted by Crippen LogP contribution is 2.30. The first-order valence-electron chi connectivity index (χ1n) is 12.6. The fourth-order valence-corrected chi connectivity index (χ4v) is 4.82. The van der Waals surface area contributed by atoms with Crippen LogP contribution in [-0.4, -0.2) is 77.1 Å². The molecule has 0 aliphatic carbocycles. The Morgan fingerprint density at radius 2 is 1.71 bits per heavy atom. The Morgan fingerprint density at radius 3 is 2.42 bits per heavy atom. The standard InChI is InChI=1S/C31H30N4O3/c1-33(2)31(38)35-18-16-34(17-19-35)21-23-8-6-22(7-9-23)10-11-25-4-3-5-27(30(36)37)29(25)26-13-12-24-14-15-32-28(24)20-26/h3-9,12-15,20,32H,16-19,21H2,1-2H3,(H,36,37). The van der Waals surface area contributed by atoms with E-state index in [1.165, 1.54) is 5.56 Å². The number of aromatic carboxylic acids is 1. The van der Waals surface area contributed by atoms with E-state index in [0.717, 1.165) is 54.8 Å². The SMILES string of the molecule is CN(C)C(=O)N1CCN(Cc2ccc(C#Cc3cccc(C(=O)O)c3-c3ccc4cc[nH]c4c3)cc2)CC1. The van der Waals surface area contributed by atoms with Crippen LogP contribution in [0.5, 0.6) is 0 Å². The van der Waals surface area contributed by atoms with Crippen molar-refractivity contribution < 1.29 is 14.7 Å². The topological polar surface area (TPSA) is 79.9 Å². The van der Waals surface area contributed by atoms with Crippen LogP contribution >= 0.6 is 0 Å². The van der Waals surface area contributed by atoms with Crippen LogP contribution in [0, 0.1) is 11.8 Å². The molecule has 1 aliphatic heterocycles. The van der Waals surface area contributed by atoms with Crippen LogP contribution in [0.2, 0.25) is 0 Å². The number of aromatic amines is 1. The lowest BCUT2D eigenvalue weighted by atomic mass is 9.93. The lowest BCUT2D eigenvalue weighted by Gasteiger charge is -2.35. The van der Waals surface area contributed by atoms with Gasteiger partial charge in [0.1, 0.15) is 0 Å². The first-order chi connectivity index (χ1) is 18.4. The van der Waals surface area contributed by atoms with Crippen LogP contribution in [0.4, 0.5) is 4.79 Å². The van der Waals surface area contributed by atoms with Gasteiger partial charge in [-0.05, 0) is 52.9 Å². The van der Waals surface area contributed by atoms with Gasteiger partial charge in [-0.1, -0.05) is 42.2 Å². The third-order valence-corrected chi connectivity index (χ3v) is 6.87.